The van der Waals surface area contributed by atoms with Gasteiger partial charge >= 0.3 is 18.3 Å². The highest BCUT2D eigenvalue weighted by atomic mass is 32.2. The zero-order chi connectivity index (χ0) is 26.7. The molecule has 11 heteroatoms. The molecule has 0 unspecified atom stereocenters. The molecular weight excluding hydrogens is 486 g/mol. The highest BCUT2D eigenvalue weighted by molar-refractivity contribution is 7.93. The molecule has 0 saturated heterocycles. The van der Waals surface area contributed by atoms with Crippen molar-refractivity contribution >= 4 is 15.8 Å². The standard InChI is InChI=1S/C23H28F6O4S/c1-14(2)7-9-21(10-8-15(3)4,20(30)33-16(5)6)34(31,32)19-12-17(22(24,25)26)11-18(13-19)23(27,28)29/h7-8,11-13,16H,9-10H2,1-6H3. The Morgan fingerprint density at radius 1 is 0.853 bits per heavy atom. The molecule has 0 heterocycles. The van der Waals surface area contributed by atoms with Crippen molar-refractivity contribution in [3.05, 3.63) is 52.6 Å². The Labute approximate surface area is 195 Å². The van der Waals surface area contributed by atoms with Crippen LogP contribution in [-0.2, 0) is 31.7 Å². The number of sulfone groups is 1. The van der Waals surface area contributed by atoms with Gasteiger partial charge in [0.2, 0.25) is 0 Å². The molecule has 192 valence electrons. The number of ether oxygens (including phenoxy) is 1. The van der Waals surface area contributed by atoms with Crippen LogP contribution in [0.25, 0.3) is 0 Å². The van der Waals surface area contributed by atoms with Crippen LogP contribution in [0.5, 0.6) is 0 Å². The van der Waals surface area contributed by atoms with E-state index < -0.39 is 67.9 Å². The lowest BCUT2D eigenvalue weighted by Crippen LogP contribution is -2.48. The van der Waals surface area contributed by atoms with Gasteiger partial charge in [-0.05, 0) is 72.6 Å². The number of hydrogen-bond donors (Lipinski definition) is 0. The Bertz CT molecular complexity index is 1000. The van der Waals surface area contributed by atoms with Gasteiger partial charge in [-0.1, -0.05) is 23.3 Å². The maximum absolute atomic E-state index is 13.8. The maximum Gasteiger partial charge on any atom is 0.416 e. The first-order chi connectivity index (χ1) is 15.2. The molecule has 1 aromatic carbocycles. The van der Waals surface area contributed by atoms with E-state index in [1.807, 2.05) is 0 Å². The van der Waals surface area contributed by atoms with Gasteiger partial charge in [0.05, 0.1) is 22.1 Å². The van der Waals surface area contributed by atoms with Crippen molar-refractivity contribution < 1.29 is 44.3 Å². The van der Waals surface area contributed by atoms with E-state index in [1.54, 1.807) is 27.7 Å². The highest BCUT2D eigenvalue weighted by Crippen LogP contribution is 2.41. The summed E-state index contributed by atoms with van der Waals surface area (Å²) in [6.45, 7) is 9.33. The molecule has 0 radical (unpaired) electrons. The minimum atomic E-state index is -5.26. The summed E-state index contributed by atoms with van der Waals surface area (Å²) in [4.78, 5) is 11.9. The van der Waals surface area contributed by atoms with Crippen molar-refractivity contribution in [3.8, 4) is 0 Å². The zero-order valence-corrected chi connectivity index (χ0v) is 20.5. The first-order valence-electron chi connectivity index (χ1n) is 10.3. The predicted octanol–water partition coefficient (Wildman–Crippen LogP) is 6.90. The van der Waals surface area contributed by atoms with Crippen LogP contribution in [0.15, 0.2) is 46.4 Å². The van der Waals surface area contributed by atoms with E-state index in [0.717, 1.165) is 0 Å². The van der Waals surface area contributed by atoms with Crippen LogP contribution in [0.1, 0.15) is 65.5 Å². The lowest BCUT2D eigenvalue weighted by molar-refractivity contribution is -0.150. The van der Waals surface area contributed by atoms with Gasteiger partial charge in [-0.2, -0.15) is 26.3 Å². The first kappa shape index (κ1) is 29.7. The van der Waals surface area contributed by atoms with Gasteiger partial charge in [0, 0.05) is 0 Å². The van der Waals surface area contributed by atoms with Crippen molar-refractivity contribution in [3.63, 3.8) is 0 Å². The monoisotopic (exact) mass is 514 g/mol. The molecule has 0 fully saturated rings. The smallest absolute Gasteiger partial charge is 0.416 e. The third kappa shape index (κ3) is 7.10. The minimum Gasteiger partial charge on any atom is -0.462 e. The fourth-order valence-electron chi connectivity index (χ4n) is 2.95. The quantitative estimate of drug-likeness (QED) is 0.215. The van der Waals surface area contributed by atoms with Crippen molar-refractivity contribution in [2.75, 3.05) is 0 Å². The average molecular weight is 515 g/mol. The number of esters is 1. The summed E-state index contributed by atoms with van der Waals surface area (Å²) in [5, 5.41) is 0. The molecule has 0 aliphatic heterocycles. The molecule has 0 atom stereocenters. The summed E-state index contributed by atoms with van der Waals surface area (Å²) in [6, 6.07) is 0.0688. The van der Waals surface area contributed by atoms with E-state index in [9.17, 15) is 39.6 Å². The number of allylic oxidation sites excluding steroid dienone is 4. The number of hydrogen-bond acceptors (Lipinski definition) is 4. The van der Waals surface area contributed by atoms with Gasteiger partial charge in [-0.25, -0.2) is 8.42 Å². The van der Waals surface area contributed by atoms with Crippen molar-refractivity contribution in [2.24, 2.45) is 0 Å². The zero-order valence-electron chi connectivity index (χ0n) is 19.7. The predicted molar refractivity (Wildman–Crippen MR) is 116 cm³/mol. The molecule has 0 aromatic heterocycles. The summed E-state index contributed by atoms with van der Waals surface area (Å²) >= 11 is 0. The fourth-order valence-corrected chi connectivity index (χ4v) is 4.83. The van der Waals surface area contributed by atoms with E-state index in [2.05, 4.69) is 0 Å². The normalized spacial score (nSPS) is 13.0. The third-order valence-electron chi connectivity index (χ3n) is 4.78. The number of carbonyl (C=O) groups is 1. The molecule has 0 amide bonds. The molecule has 34 heavy (non-hydrogen) atoms. The Morgan fingerprint density at radius 2 is 1.24 bits per heavy atom. The van der Waals surface area contributed by atoms with Crippen LogP contribution in [0, 0.1) is 0 Å². The van der Waals surface area contributed by atoms with Gasteiger partial charge in [0.15, 0.2) is 14.6 Å². The van der Waals surface area contributed by atoms with Gasteiger partial charge in [0.1, 0.15) is 0 Å². The van der Waals surface area contributed by atoms with E-state index in [0.29, 0.717) is 11.1 Å². The first-order valence-corrected chi connectivity index (χ1v) is 11.7. The highest BCUT2D eigenvalue weighted by Gasteiger charge is 2.52. The largest absolute Gasteiger partial charge is 0.462 e. The van der Waals surface area contributed by atoms with Crippen LogP contribution < -0.4 is 0 Å². The number of alkyl halides is 6. The summed E-state index contributed by atoms with van der Waals surface area (Å²) in [6.07, 6.45) is -9.55. The van der Waals surface area contributed by atoms with Crippen LogP contribution in [-0.4, -0.2) is 25.2 Å². The van der Waals surface area contributed by atoms with Gasteiger partial charge in [-0.15, -0.1) is 0 Å². The molecule has 1 rings (SSSR count). The van der Waals surface area contributed by atoms with Crippen LogP contribution in [0.2, 0.25) is 0 Å². The minimum absolute atomic E-state index is 0.118. The van der Waals surface area contributed by atoms with E-state index in [1.165, 1.54) is 26.0 Å². The molecule has 0 N–H and O–H groups in total. The summed E-state index contributed by atoms with van der Waals surface area (Å²) < 4.78 is 111. The number of benzene rings is 1. The fraction of sp³-hybridized carbons (Fsp3) is 0.522. The molecule has 0 aliphatic rings. The van der Waals surface area contributed by atoms with Crippen LogP contribution in [0.4, 0.5) is 26.3 Å². The second-order valence-corrected chi connectivity index (χ2v) is 10.9. The second kappa shape index (κ2) is 10.5. The number of halogens is 6. The second-order valence-electron chi connectivity index (χ2n) is 8.66. The van der Waals surface area contributed by atoms with Crippen molar-refractivity contribution in [1.82, 2.24) is 0 Å². The third-order valence-corrected chi connectivity index (χ3v) is 7.17. The lowest BCUT2D eigenvalue weighted by Gasteiger charge is -2.31. The lowest BCUT2D eigenvalue weighted by atomic mass is 9.97. The molecule has 0 saturated carbocycles. The Balaban J connectivity index is 4.08. The molecule has 1 aromatic rings. The van der Waals surface area contributed by atoms with Gasteiger partial charge in [0.25, 0.3) is 0 Å². The molecule has 0 spiro atoms. The Kier molecular flexibility index (Phi) is 9.21. The molecule has 0 aliphatic carbocycles. The van der Waals surface area contributed by atoms with E-state index in [-0.39, 0.29) is 18.2 Å². The van der Waals surface area contributed by atoms with E-state index in [4.69, 9.17) is 4.74 Å². The number of carbonyl (C=O) groups excluding carboxylic acids is 1. The Hall–Kier alpha value is -2.30. The van der Waals surface area contributed by atoms with Crippen molar-refractivity contribution in [1.29, 1.82) is 0 Å². The van der Waals surface area contributed by atoms with E-state index >= 15 is 0 Å². The van der Waals surface area contributed by atoms with Gasteiger partial charge < -0.3 is 4.74 Å². The molecular formula is C23H28F6O4S. The maximum atomic E-state index is 13.8. The van der Waals surface area contributed by atoms with Crippen molar-refractivity contribution in [2.45, 2.75) is 82.5 Å². The molecule has 0 bridgehead atoms. The van der Waals surface area contributed by atoms with Crippen LogP contribution >= 0.6 is 0 Å². The summed E-state index contributed by atoms with van der Waals surface area (Å²) in [5.41, 5.74) is -2.41. The average Bonchev–Trinajstić information content (AvgIpc) is 2.65. The topological polar surface area (TPSA) is 60.4 Å². The summed E-state index contributed by atoms with van der Waals surface area (Å²) in [5.74, 6) is -1.26. The number of rotatable bonds is 8. The summed E-state index contributed by atoms with van der Waals surface area (Å²) in [7, 11) is -5.13. The Morgan fingerprint density at radius 3 is 1.53 bits per heavy atom. The molecule has 4 nitrogen and oxygen atoms in total. The van der Waals surface area contributed by atoms with Gasteiger partial charge in [-0.3, -0.25) is 4.79 Å². The van der Waals surface area contributed by atoms with Crippen LogP contribution in [0.3, 0.4) is 0 Å². The SMILES string of the molecule is CC(C)=CCC(CC=C(C)C)(C(=O)OC(C)C)S(=O)(=O)c1cc(C(F)(F)F)cc(C(F)(F)F)c1.